The first-order valence-electron chi connectivity index (χ1n) is 24.8. The first-order valence-corrected chi connectivity index (χ1v) is 24.8. The monoisotopic (exact) mass is 947 g/mol. The Morgan fingerprint density at radius 1 is 0.652 bits per heavy atom. The summed E-state index contributed by atoms with van der Waals surface area (Å²) in [4.78, 5) is 0. The van der Waals surface area contributed by atoms with Gasteiger partial charge in [0.2, 0.25) is 0 Å². The summed E-state index contributed by atoms with van der Waals surface area (Å²) >= 11 is 0. The van der Waals surface area contributed by atoms with Gasteiger partial charge >= 0.3 is 0 Å². The van der Waals surface area contributed by atoms with E-state index in [1.54, 1.807) is 0 Å². The predicted octanol–water partition coefficient (Wildman–Crippen LogP) is -0.339. The van der Waals surface area contributed by atoms with Crippen LogP contribution in [-0.4, -0.2) is 191 Å². The highest BCUT2D eigenvalue weighted by Crippen LogP contribution is 2.91. The number of hydrogen-bond acceptors (Lipinski definition) is 18. The Kier molecular flexibility index (Phi) is 14.4. The first kappa shape index (κ1) is 51.6. The van der Waals surface area contributed by atoms with E-state index in [2.05, 4.69) is 34.6 Å². The number of ether oxygens (including phenoxy) is 6. The second-order valence-corrected chi connectivity index (χ2v) is 23.5. The Morgan fingerprint density at radius 3 is 1.89 bits per heavy atom. The van der Waals surface area contributed by atoms with Gasteiger partial charge in [-0.05, 0) is 116 Å². The molecule has 18 heteroatoms. The maximum Gasteiger partial charge on any atom is 0.187 e. The molecule has 2 spiro atoms. The Morgan fingerprint density at radius 2 is 1.26 bits per heavy atom. The zero-order chi connectivity index (χ0) is 48.4. The Hall–Kier alpha value is -0.720. The summed E-state index contributed by atoms with van der Waals surface area (Å²) in [6.45, 7) is 15.4. The molecule has 0 amide bonds. The van der Waals surface area contributed by atoms with Crippen LogP contribution in [0.2, 0.25) is 0 Å². The third kappa shape index (κ3) is 7.72. The number of aliphatic hydroxyl groups is 12. The molecule has 12 N–H and O–H groups in total. The lowest BCUT2D eigenvalue weighted by Crippen LogP contribution is -2.67. The lowest BCUT2D eigenvalue weighted by Gasteiger charge is -2.67. The lowest BCUT2D eigenvalue weighted by atomic mass is 9.38. The highest BCUT2D eigenvalue weighted by Gasteiger charge is 2.87. The van der Waals surface area contributed by atoms with Crippen LogP contribution >= 0.6 is 0 Å². The van der Waals surface area contributed by atoms with Gasteiger partial charge in [-0.25, -0.2) is 0 Å². The van der Waals surface area contributed by atoms with Gasteiger partial charge in [-0.15, -0.1) is 0 Å². The smallest absolute Gasteiger partial charge is 0.187 e. The molecule has 5 saturated carbocycles. The fraction of sp³-hybridized carbons (Fsp3) is 1.00. The summed E-state index contributed by atoms with van der Waals surface area (Å²) < 4.78 is 36.4. The lowest BCUT2D eigenvalue weighted by molar-refractivity contribution is -0.389. The Bertz CT molecular complexity index is 1690. The van der Waals surface area contributed by atoms with E-state index in [1.165, 1.54) is 6.92 Å². The van der Waals surface area contributed by atoms with Gasteiger partial charge in [0.1, 0.15) is 67.1 Å². The Labute approximate surface area is 388 Å². The quantitative estimate of drug-likeness (QED) is 0.105. The van der Waals surface area contributed by atoms with Crippen molar-refractivity contribution in [3.63, 3.8) is 0 Å². The predicted molar refractivity (Wildman–Crippen MR) is 231 cm³/mol. The number of fused-ring (bicyclic) bond motifs is 2. The zero-order valence-corrected chi connectivity index (χ0v) is 40.0. The zero-order valence-electron chi connectivity index (χ0n) is 40.0. The molecule has 8 fully saturated rings. The van der Waals surface area contributed by atoms with E-state index in [0.29, 0.717) is 25.7 Å². The van der Waals surface area contributed by atoms with Crippen LogP contribution in [0.3, 0.4) is 0 Å². The molecule has 27 atom stereocenters. The molecule has 1 unspecified atom stereocenters. The van der Waals surface area contributed by atoms with Gasteiger partial charge in [0.15, 0.2) is 18.9 Å². The average molecular weight is 947 g/mol. The molecule has 0 bridgehead atoms. The maximum atomic E-state index is 12.6. The van der Waals surface area contributed by atoms with Crippen LogP contribution in [-0.2, 0) is 28.4 Å². The van der Waals surface area contributed by atoms with Gasteiger partial charge in [0.25, 0.3) is 0 Å². The van der Waals surface area contributed by atoms with Crippen LogP contribution in [0, 0.1) is 56.7 Å². The van der Waals surface area contributed by atoms with Crippen molar-refractivity contribution in [3.05, 3.63) is 0 Å². The fourth-order valence-electron chi connectivity index (χ4n) is 15.9. The number of hydrogen-bond donors (Lipinski definition) is 12. The molecular formula is C48H82O18. The molecule has 3 saturated heterocycles. The van der Waals surface area contributed by atoms with Gasteiger partial charge < -0.3 is 89.7 Å². The summed E-state index contributed by atoms with van der Waals surface area (Å²) in [5, 5.41) is 132. The molecule has 3 heterocycles. The van der Waals surface area contributed by atoms with E-state index >= 15 is 0 Å². The second kappa shape index (κ2) is 18.4. The number of aliphatic hydroxyl groups excluding tert-OH is 12. The summed E-state index contributed by atoms with van der Waals surface area (Å²) in [6, 6.07) is 0. The summed E-state index contributed by atoms with van der Waals surface area (Å²) in [5.74, 6) is 0.637. The van der Waals surface area contributed by atoms with Gasteiger partial charge in [-0.3, -0.25) is 0 Å². The van der Waals surface area contributed by atoms with Crippen LogP contribution in [0.25, 0.3) is 0 Å². The highest BCUT2D eigenvalue weighted by atomic mass is 16.8. The van der Waals surface area contributed by atoms with Gasteiger partial charge in [0, 0.05) is 5.41 Å². The number of rotatable bonds is 13. The summed E-state index contributed by atoms with van der Waals surface area (Å²) in [5.41, 5.74) is -1.52. The molecule has 0 aromatic heterocycles. The molecule has 382 valence electrons. The van der Waals surface area contributed by atoms with Gasteiger partial charge in [0.05, 0.1) is 43.7 Å². The SMILES string of the molecule is CC(C)C(O)CC[C@@H](C)[C@@H]1[C@H]2C[C@@H](O)[C@@]34C[C@@]35CC[C@H](O[C@@H]3O[C@H](CO)[C@@H](O)[C@H](O)[C@H]3O[C@@H]3O[C@@H](C)[C@H](O)[C@@H](O[C@@H]6O[C@H](CO)[C@@H](O)[C@H](O)[C@H]6O)[C@H]3O)C(C)(C)[C@@H]5CC[C@@]4(C)[C@]2(C)C[C@@H]1O. The normalized spacial score (nSPS) is 55.3. The Balaban J connectivity index is 0.999. The van der Waals surface area contributed by atoms with E-state index in [4.69, 9.17) is 28.4 Å². The van der Waals surface area contributed by atoms with Crippen molar-refractivity contribution < 1.29 is 89.7 Å². The molecule has 0 aromatic rings. The molecule has 66 heavy (non-hydrogen) atoms. The molecule has 8 aliphatic rings. The van der Waals surface area contributed by atoms with E-state index < -0.39 is 135 Å². The van der Waals surface area contributed by atoms with Crippen molar-refractivity contribution in [2.75, 3.05) is 13.2 Å². The van der Waals surface area contributed by atoms with Crippen molar-refractivity contribution in [2.45, 2.75) is 230 Å². The molecule has 8 rings (SSSR count). The van der Waals surface area contributed by atoms with Crippen molar-refractivity contribution in [3.8, 4) is 0 Å². The van der Waals surface area contributed by atoms with E-state index in [1.807, 2.05) is 13.8 Å². The van der Waals surface area contributed by atoms with Crippen molar-refractivity contribution in [2.24, 2.45) is 56.7 Å². The minimum Gasteiger partial charge on any atom is -0.394 e. The molecule has 0 aromatic carbocycles. The molecule has 5 aliphatic carbocycles. The molecular weight excluding hydrogens is 865 g/mol. The van der Waals surface area contributed by atoms with Crippen LogP contribution in [0.5, 0.6) is 0 Å². The minimum absolute atomic E-state index is 0.0303. The van der Waals surface area contributed by atoms with Crippen LogP contribution in [0.4, 0.5) is 0 Å². The van der Waals surface area contributed by atoms with Gasteiger partial charge in [-0.1, -0.05) is 48.5 Å². The third-order valence-corrected chi connectivity index (χ3v) is 19.9. The molecule has 3 aliphatic heterocycles. The fourth-order valence-corrected chi connectivity index (χ4v) is 15.9. The van der Waals surface area contributed by atoms with Crippen LogP contribution < -0.4 is 0 Å². The van der Waals surface area contributed by atoms with Crippen molar-refractivity contribution in [1.82, 2.24) is 0 Å². The molecule has 18 nitrogen and oxygen atoms in total. The summed E-state index contributed by atoms with van der Waals surface area (Å²) in [6.07, 6.45) is -18.8. The highest BCUT2D eigenvalue weighted by molar-refractivity contribution is 5.35. The van der Waals surface area contributed by atoms with Gasteiger partial charge in [-0.2, -0.15) is 0 Å². The van der Waals surface area contributed by atoms with Crippen molar-refractivity contribution in [1.29, 1.82) is 0 Å². The minimum atomic E-state index is -1.84. The summed E-state index contributed by atoms with van der Waals surface area (Å²) in [7, 11) is 0. The van der Waals surface area contributed by atoms with Crippen LogP contribution in [0.15, 0.2) is 0 Å². The largest absolute Gasteiger partial charge is 0.394 e. The maximum absolute atomic E-state index is 12.6. The second-order valence-electron chi connectivity index (χ2n) is 23.5. The van der Waals surface area contributed by atoms with E-state index in [9.17, 15) is 61.3 Å². The standard InChI is InChI=1S/C48H82O18/c1-20(2)24(51)10-9-21(3)31-23-15-29(53)48-19-47(48)14-12-30(44(5,6)28(47)11-13-46(48,8)45(23,7)16-25(31)52)64-43-40(36(58)34(56)27(18-50)63-43)66-42-38(60)39(32(54)22(4)61-42)65-41-37(59)35(57)33(55)26(17-49)62-41/h20-43,49-60H,9-19H2,1-8H3/t21-,22+,23-,24?,25+,26-,27-,28+,29-,30+,31-,32+,33-,34-,35+,36+,37-,38-,39-,40-,41+,42+,43+,45-,46+,47-,48-/m1/s1. The third-order valence-electron chi connectivity index (χ3n) is 19.9. The van der Waals surface area contributed by atoms with E-state index in [-0.39, 0.29) is 51.2 Å². The molecule has 0 radical (unpaired) electrons. The van der Waals surface area contributed by atoms with E-state index in [0.717, 1.165) is 32.1 Å². The average Bonchev–Trinajstić information content (AvgIpc) is 3.89. The first-order chi connectivity index (χ1) is 30.9. The topological polar surface area (TPSA) is 298 Å². The van der Waals surface area contributed by atoms with Crippen molar-refractivity contribution >= 4 is 0 Å². The van der Waals surface area contributed by atoms with Crippen LogP contribution in [0.1, 0.15) is 113 Å².